The molecule has 174 valence electrons. The maximum absolute atomic E-state index is 13.5. The van der Waals surface area contributed by atoms with Crippen molar-refractivity contribution in [2.45, 2.75) is 32.9 Å². The number of sulfonamides is 1. The standard InChI is InChI=1S/C23H31N3O5S/c1-5-19(23(28)24-6-2)25(16-18-12-8-7-9-13-18)22(27)17-26(32(4,29)30)20-14-10-11-15-21(20)31-3/h7-15,19H,5-6,16-17H2,1-4H3,(H,24,28)/t19-/m0/s1. The number of ether oxygens (including phenoxy) is 1. The van der Waals surface area contributed by atoms with Gasteiger partial charge in [0.1, 0.15) is 18.3 Å². The van der Waals surface area contributed by atoms with E-state index in [0.29, 0.717) is 18.7 Å². The summed E-state index contributed by atoms with van der Waals surface area (Å²) >= 11 is 0. The van der Waals surface area contributed by atoms with Crippen LogP contribution in [0.3, 0.4) is 0 Å². The third-order valence-electron chi connectivity index (χ3n) is 4.97. The van der Waals surface area contributed by atoms with Crippen molar-refractivity contribution in [1.29, 1.82) is 0 Å². The minimum Gasteiger partial charge on any atom is -0.495 e. The van der Waals surface area contributed by atoms with Crippen LogP contribution in [0.5, 0.6) is 5.75 Å². The number of anilines is 1. The second-order valence-corrected chi connectivity index (χ2v) is 9.17. The highest BCUT2D eigenvalue weighted by atomic mass is 32.2. The van der Waals surface area contributed by atoms with Gasteiger partial charge in [-0.1, -0.05) is 49.4 Å². The number of likely N-dealkylation sites (N-methyl/N-ethyl adjacent to an activating group) is 1. The van der Waals surface area contributed by atoms with Crippen molar-refractivity contribution in [3.05, 3.63) is 60.2 Å². The fraction of sp³-hybridized carbons (Fsp3) is 0.391. The van der Waals surface area contributed by atoms with Crippen LogP contribution in [0.1, 0.15) is 25.8 Å². The third-order valence-corrected chi connectivity index (χ3v) is 6.09. The molecule has 0 aromatic heterocycles. The lowest BCUT2D eigenvalue weighted by Crippen LogP contribution is -2.52. The van der Waals surface area contributed by atoms with Crippen molar-refractivity contribution in [3.8, 4) is 5.75 Å². The molecule has 1 N–H and O–H groups in total. The van der Waals surface area contributed by atoms with Crippen LogP contribution in [0, 0.1) is 0 Å². The minimum absolute atomic E-state index is 0.179. The zero-order valence-electron chi connectivity index (χ0n) is 18.9. The Morgan fingerprint density at radius 1 is 1.03 bits per heavy atom. The van der Waals surface area contributed by atoms with Gasteiger partial charge < -0.3 is 15.0 Å². The number of nitrogens with one attached hydrogen (secondary N) is 1. The summed E-state index contributed by atoms with van der Waals surface area (Å²) in [5.41, 5.74) is 1.10. The summed E-state index contributed by atoms with van der Waals surface area (Å²) in [5, 5.41) is 2.77. The van der Waals surface area contributed by atoms with Gasteiger partial charge in [-0.25, -0.2) is 8.42 Å². The molecule has 0 saturated carbocycles. The Balaban J connectivity index is 2.44. The number of amides is 2. The molecule has 0 heterocycles. The predicted octanol–water partition coefficient (Wildman–Crippen LogP) is 2.40. The Labute approximate surface area is 190 Å². The highest BCUT2D eigenvalue weighted by Gasteiger charge is 2.32. The molecule has 1 atom stereocenters. The molecule has 0 aliphatic carbocycles. The second kappa shape index (κ2) is 11.5. The molecule has 0 aliphatic rings. The zero-order valence-corrected chi connectivity index (χ0v) is 19.8. The highest BCUT2D eigenvalue weighted by molar-refractivity contribution is 7.92. The molecular formula is C23H31N3O5S. The summed E-state index contributed by atoms with van der Waals surface area (Å²) in [7, 11) is -2.37. The smallest absolute Gasteiger partial charge is 0.244 e. The number of hydrogen-bond donors (Lipinski definition) is 1. The number of para-hydroxylation sites is 2. The van der Waals surface area contributed by atoms with Crippen molar-refractivity contribution < 1.29 is 22.7 Å². The van der Waals surface area contributed by atoms with Crippen LogP contribution in [-0.2, 0) is 26.2 Å². The van der Waals surface area contributed by atoms with Gasteiger partial charge in [0, 0.05) is 13.1 Å². The molecule has 0 bridgehead atoms. The summed E-state index contributed by atoms with van der Waals surface area (Å²) in [6.45, 7) is 3.78. The van der Waals surface area contributed by atoms with Gasteiger partial charge in [-0.3, -0.25) is 13.9 Å². The number of carbonyl (C=O) groups is 2. The molecular weight excluding hydrogens is 430 g/mol. The van der Waals surface area contributed by atoms with Crippen LogP contribution >= 0.6 is 0 Å². The number of benzene rings is 2. The Morgan fingerprint density at radius 3 is 2.22 bits per heavy atom. The van der Waals surface area contributed by atoms with Gasteiger partial charge in [0.05, 0.1) is 19.1 Å². The van der Waals surface area contributed by atoms with E-state index in [1.165, 1.54) is 12.0 Å². The van der Waals surface area contributed by atoms with Gasteiger partial charge in [-0.15, -0.1) is 0 Å². The summed E-state index contributed by atoms with van der Waals surface area (Å²) in [4.78, 5) is 27.6. The molecule has 0 aliphatic heterocycles. The van der Waals surface area contributed by atoms with Crippen molar-refractivity contribution in [2.24, 2.45) is 0 Å². The molecule has 2 rings (SSSR count). The summed E-state index contributed by atoms with van der Waals surface area (Å²) in [6.07, 6.45) is 1.42. The summed E-state index contributed by atoms with van der Waals surface area (Å²) in [6, 6.07) is 15.1. The van der Waals surface area contributed by atoms with E-state index in [0.717, 1.165) is 16.1 Å². The quantitative estimate of drug-likeness (QED) is 0.554. The molecule has 2 aromatic rings. The molecule has 0 spiro atoms. The van der Waals surface area contributed by atoms with E-state index in [1.54, 1.807) is 31.2 Å². The molecule has 32 heavy (non-hydrogen) atoms. The van der Waals surface area contributed by atoms with Crippen LogP contribution in [0.25, 0.3) is 0 Å². The Morgan fingerprint density at radius 2 is 1.66 bits per heavy atom. The minimum atomic E-state index is -3.81. The average molecular weight is 462 g/mol. The lowest BCUT2D eigenvalue weighted by atomic mass is 10.1. The van der Waals surface area contributed by atoms with Crippen molar-refractivity contribution in [2.75, 3.05) is 30.8 Å². The number of methoxy groups -OCH3 is 1. The first kappa shape index (κ1) is 25.2. The fourth-order valence-corrected chi connectivity index (χ4v) is 4.28. The van der Waals surface area contributed by atoms with Crippen LogP contribution in [0.2, 0.25) is 0 Å². The van der Waals surface area contributed by atoms with E-state index in [2.05, 4.69) is 5.32 Å². The van der Waals surface area contributed by atoms with E-state index in [4.69, 9.17) is 4.74 Å². The van der Waals surface area contributed by atoms with Gasteiger partial charge in [0.15, 0.2) is 0 Å². The summed E-state index contributed by atoms with van der Waals surface area (Å²) in [5.74, 6) is -0.429. The van der Waals surface area contributed by atoms with Gasteiger partial charge in [-0.05, 0) is 31.0 Å². The molecule has 0 fully saturated rings. The molecule has 8 nitrogen and oxygen atoms in total. The monoisotopic (exact) mass is 461 g/mol. The van der Waals surface area contributed by atoms with Crippen molar-refractivity contribution in [1.82, 2.24) is 10.2 Å². The molecule has 0 saturated heterocycles. The van der Waals surface area contributed by atoms with E-state index >= 15 is 0 Å². The average Bonchev–Trinajstić information content (AvgIpc) is 2.77. The lowest BCUT2D eigenvalue weighted by Gasteiger charge is -2.33. The molecule has 0 radical (unpaired) electrons. The lowest BCUT2D eigenvalue weighted by molar-refractivity contribution is -0.140. The molecule has 9 heteroatoms. The number of carbonyl (C=O) groups excluding carboxylic acids is 2. The number of hydrogen-bond acceptors (Lipinski definition) is 5. The Bertz CT molecular complexity index is 1010. The first-order chi connectivity index (χ1) is 15.2. The fourth-order valence-electron chi connectivity index (χ4n) is 3.42. The van der Waals surface area contributed by atoms with E-state index in [-0.39, 0.29) is 18.1 Å². The largest absolute Gasteiger partial charge is 0.495 e. The van der Waals surface area contributed by atoms with Gasteiger partial charge in [0.2, 0.25) is 21.8 Å². The number of nitrogens with zero attached hydrogens (tertiary/aromatic N) is 2. The molecule has 2 amide bonds. The van der Waals surface area contributed by atoms with Gasteiger partial charge in [0.25, 0.3) is 0 Å². The highest BCUT2D eigenvalue weighted by Crippen LogP contribution is 2.29. The Hall–Kier alpha value is -3.07. The van der Waals surface area contributed by atoms with E-state index < -0.39 is 28.5 Å². The van der Waals surface area contributed by atoms with Crippen LogP contribution in [0.15, 0.2) is 54.6 Å². The SMILES string of the molecule is CCNC(=O)[C@H](CC)N(Cc1ccccc1)C(=O)CN(c1ccccc1OC)S(C)(=O)=O. The van der Waals surface area contributed by atoms with Crippen LogP contribution in [-0.4, -0.2) is 57.6 Å². The third kappa shape index (κ3) is 6.46. The topological polar surface area (TPSA) is 96.0 Å². The molecule has 0 unspecified atom stereocenters. The summed E-state index contributed by atoms with van der Waals surface area (Å²) < 4.78 is 31.5. The van der Waals surface area contributed by atoms with Crippen molar-refractivity contribution in [3.63, 3.8) is 0 Å². The zero-order chi connectivity index (χ0) is 23.7. The maximum atomic E-state index is 13.5. The second-order valence-electron chi connectivity index (χ2n) is 7.27. The van der Waals surface area contributed by atoms with Crippen LogP contribution in [0.4, 0.5) is 5.69 Å². The first-order valence-corrected chi connectivity index (χ1v) is 12.3. The molecule has 2 aromatic carbocycles. The van der Waals surface area contributed by atoms with Gasteiger partial charge in [-0.2, -0.15) is 0 Å². The Kier molecular flexibility index (Phi) is 9.07. The number of rotatable bonds is 11. The predicted molar refractivity (Wildman–Crippen MR) is 125 cm³/mol. The maximum Gasteiger partial charge on any atom is 0.244 e. The first-order valence-electron chi connectivity index (χ1n) is 10.4. The van der Waals surface area contributed by atoms with Crippen molar-refractivity contribution >= 4 is 27.5 Å². The van der Waals surface area contributed by atoms with E-state index in [1.807, 2.05) is 37.3 Å². The van der Waals surface area contributed by atoms with E-state index in [9.17, 15) is 18.0 Å². The van der Waals surface area contributed by atoms with Gasteiger partial charge >= 0.3 is 0 Å². The van der Waals surface area contributed by atoms with Crippen LogP contribution < -0.4 is 14.4 Å². The normalized spacial score (nSPS) is 12.0.